The first kappa shape index (κ1) is 24.6. The smallest absolute Gasteiger partial charge is 0.410 e. The van der Waals surface area contributed by atoms with E-state index in [0.29, 0.717) is 47.9 Å². The van der Waals surface area contributed by atoms with Crippen LogP contribution >= 0.6 is 0 Å². The number of fused-ring (bicyclic) bond motifs is 1. The van der Waals surface area contributed by atoms with Crippen molar-refractivity contribution in [2.24, 2.45) is 0 Å². The van der Waals surface area contributed by atoms with Gasteiger partial charge in [0.2, 0.25) is 0 Å². The van der Waals surface area contributed by atoms with Crippen LogP contribution in [-0.4, -0.2) is 61.8 Å². The second-order valence-corrected chi connectivity index (χ2v) is 10.1. The molecule has 1 saturated heterocycles. The zero-order chi connectivity index (χ0) is 26.3. The number of hydrogen-bond donors (Lipinski definition) is 0. The molecular weight excluding hydrogens is 478 g/mol. The number of nitrogens with zero attached hydrogens (tertiary/aromatic N) is 6. The summed E-state index contributed by atoms with van der Waals surface area (Å²) in [6.45, 7) is 8.98. The maximum absolute atomic E-state index is 14.1. The number of piperazine rings is 1. The Labute approximate surface area is 213 Å². The van der Waals surface area contributed by atoms with E-state index in [-0.39, 0.29) is 12.1 Å². The zero-order valence-corrected chi connectivity index (χ0v) is 21.2. The minimum absolute atomic E-state index is 0.0779. The molecule has 0 saturated carbocycles. The van der Waals surface area contributed by atoms with Gasteiger partial charge in [-0.25, -0.2) is 23.5 Å². The van der Waals surface area contributed by atoms with E-state index < -0.39 is 17.2 Å². The van der Waals surface area contributed by atoms with Crippen LogP contribution in [0.25, 0.3) is 28.0 Å². The summed E-state index contributed by atoms with van der Waals surface area (Å²) in [5.41, 5.74) is 1.64. The Bertz CT molecular complexity index is 1430. The summed E-state index contributed by atoms with van der Waals surface area (Å²) in [6, 6.07) is 8.83. The molecule has 1 aromatic carbocycles. The molecular formula is C27H28F2N6O2. The summed E-state index contributed by atoms with van der Waals surface area (Å²) < 4.78 is 35.4. The van der Waals surface area contributed by atoms with Crippen molar-refractivity contribution in [3.05, 3.63) is 66.8 Å². The van der Waals surface area contributed by atoms with Crippen LogP contribution in [0.2, 0.25) is 0 Å². The average Bonchev–Trinajstić information content (AvgIpc) is 3.23. The third-order valence-electron chi connectivity index (χ3n) is 6.18. The van der Waals surface area contributed by atoms with E-state index in [1.807, 2.05) is 45.9 Å². The summed E-state index contributed by atoms with van der Waals surface area (Å²) in [4.78, 5) is 30.1. The second-order valence-electron chi connectivity index (χ2n) is 10.1. The number of carbonyl (C=O) groups excluding carboxylic acids is 1. The van der Waals surface area contributed by atoms with E-state index in [2.05, 4.69) is 19.9 Å². The summed E-state index contributed by atoms with van der Waals surface area (Å²) in [7, 11) is 0. The van der Waals surface area contributed by atoms with Crippen LogP contribution < -0.4 is 4.90 Å². The number of aromatic nitrogens is 4. The van der Waals surface area contributed by atoms with Gasteiger partial charge >= 0.3 is 6.09 Å². The zero-order valence-electron chi connectivity index (χ0n) is 21.2. The molecule has 8 nitrogen and oxygen atoms in total. The molecule has 1 atom stereocenters. The Balaban J connectivity index is 1.59. The second kappa shape index (κ2) is 9.42. The van der Waals surface area contributed by atoms with Gasteiger partial charge in [0, 0.05) is 49.7 Å². The molecule has 1 aliphatic rings. The topological polar surface area (TPSA) is 76.4 Å². The van der Waals surface area contributed by atoms with Gasteiger partial charge in [-0.1, -0.05) is 6.07 Å². The van der Waals surface area contributed by atoms with Crippen LogP contribution in [0.4, 0.5) is 19.4 Å². The molecule has 0 spiro atoms. The molecule has 0 radical (unpaired) electrons. The maximum atomic E-state index is 14.1. The van der Waals surface area contributed by atoms with Crippen molar-refractivity contribution in [3.63, 3.8) is 0 Å². The summed E-state index contributed by atoms with van der Waals surface area (Å²) in [5, 5.41) is 0.712. The van der Waals surface area contributed by atoms with E-state index in [4.69, 9.17) is 4.74 Å². The standard InChI is InChI=1S/C27H28F2N6O2/c1-17-14-33(26(36)37-27(2,3)4)9-10-34(17)24-23-21(22-7-5-6-8-30-22)15-35(25(23)32-16-31-24)20-12-18(28)11-19(29)13-20/h5-8,11-13,15-17H,9-10,14H2,1-4H3/t17-/m0/s1. The molecule has 1 amide bonds. The minimum atomic E-state index is -0.683. The molecule has 0 aliphatic carbocycles. The lowest BCUT2D eigenvalue weighted by Crippen LogP contribution is -2.54. The number of ether oxygens (including phenoxy) is 1. The van der Waals surface area contributed by atoms with Crippen LogP contribution in [0.3, 0.4) is 0 Å². The fourth-order valence-electron chi connectivity index (χ4n) is 4.62. The Morgan fingerprint density at radius 3 is 2.46 bits per heavy atom. The van der Waals surface area contributed by atoms with Gasteiger partial charge < -0.3 is 19.1 Å². The number of rotatable bonds is 3. The lowest BCUT2D eigenvalue weighted by molar-refractivity contribution is 0.0218. The number of amides is 1. The molecule has 4 heterocycles. The SMILES string of the molecule is C[C@H]1CN(C(=O)OC(C)(C)C)CCN1c1ncnc2c1c(-c1ccccn1)cn2-c1cc(F)cc(F)c1. The fourth-order valence-corrected chi connectivity index (χ4v) is 4.62. The number of benzene rings is 1. The highest BCUT2D eigenvalue weighted by Crippen LogP contribution is 2.37. The molecule has 1 aliphatic heterocycles. The summed E-state index contributed by atoms with van der Waals surface area (Å²) in [6.07, 6.45) is 4.56. The number of halogens is 2. The van der Waals surface area contributed by atoms with Gasteiger partial charge in [-0.3, -0.25) is 4.98 Å². The lowest BCUT2D eigenvalue weighted by atomic mass is 10.1. The van der Waals surface area contributed by atoms with Crippen LogP contribution in [0.1, 0.15) is 27.7 Å². The molecule has 4 aromatic rings. The van der Waals surface area contributed by atoms with E-state index in [9.17, 15) is 13.6 Å². The predicted molar refractivity (Wildman–Crippen MR) is 137 cm³/mol. The first-order chi connectivity index (χ1) is 17.6. The van der Waals surface area contributed by atoms with Crippen LogP contribution in [0.5, 0.6) is 0 Å². The van der Waals surface area contributed by atoms with Crippen molar-refractivity contribution in [3.8, 4) is 16.9 Å². The molecule has 0 unspecified atom stereocenters. The van der Waals surface area contributed by atoms with Gasteiger partial charge in [0.25, 0.3) is 0 Å². The van der Waals surface area contributed by atoms with Crippen LogP contribution in [0.15, 0.2) is 55.1 Å². The van der Waals surface area contributed by atoms with Crippen molar-refractivity contribution in [1.82, 2.24) is 24.4 Å². The van der Waals surface area contributed by atoms with Crippen molar-refractivity contribution in [2.75, 3.05) is 24.5 Å². The monoisotopic (exact) mass is 506 g/mol. The van der Waals surface area contributed by atoms with E-state index in [1.54, 1.807) is 21.9 Å². The highest BCUT2D eigenvalue weighted by Gasteiger charge is 2.32. The molecule has 5 rings (SSSR count). The highest BCUT2D eigenvalue weighted by atomic mass is 19.1. The van der Waals surface area contributed by atoms with E-state index >= 15 is 0 Å². The Morgan fingerprint density at radius 1 is 1.05 bits per heavy atom. The van der Waals surface area contributed by atoms with Crippen molar-refractivity contribution in [1.29, 1.82) is 0 Å². The van der Waals surface area contributed by atoms with E-state index in [0.717, 1.165) is 11.6 Å². The van der Waals surface area contributed by atoms with Crippen molar-refractivity contribution >= 4 is 22.9 Å². The quantitative estimate of drug-likeness (QED) is 0.380. The third kappa shape index (κ3) is 4.96. The van der Waals surface area contributed by atoms with Gasteiger partial charge in [-0.2, -0.15) is 0 Å². The van der Waals surface area contributed by atoms with Crippen LogP contribution in [0, 0.1) is 11.6 Å². The summed E-state index contributed by atoms with van der Waals surface area (Å²) in [5.74, 6) is -0.701. The molecule has 192 valence electrons. The maximum Gasteiger partial charge on any atom is 0.410 e. The van der Waals surface area contributed by atoms with Gasteiger partial charge in [0.05, 0.1) is 16.8 Å². The molecule has 1 fully saturated rings. The molecule has 3 aromatic heterocycles. The Hall–Kier alpha value is -4.08. The van der Waals surface area contributed by atoms with Gasteiger partial charge in [-0.05, 0) is 52.0 Å². The van der Waals surface area contributed by atoms with Gasteiger partial charge in [-0.15, -0.1) is 0 Å². The largest absolute Gasteiger partial charge is 0.444 e. The molecule has 10 heteroatoms. The number of anilines is 1. The third-order valence-corrected chi connectivity index (χ3v) is 6.18. The predicted octanol–water partition coefficient (Wildman–Crippen LogP) is 5.21. The van der Waals surface area contributed by atoms with Gasteiger partial charge in [0.1, 0.15) is 29.4 Å². The highest BCUT2D eigenvalue weighted by molar-refractivity contribution is 6.01. The minimum Gasteiger partial charge on any atom is -0.444 e. The fraction of sp³-hybridized carbons (Fsp3) is 0.333. The van der Waals surface area contributed by atoms with Crippen molar-refractivity contribution in [2.45, 2.75) is 39.3 Å². The first-order valence-corrected chi connectivity index (χ1v) is 12.1. The molecule has 37 heavy (non-hydrogen) atoms. The average molecular weight is 507 g/mol. The molecule has 0 N–H and O–H groups in total. The summed E-state index contributed by atoms with van der Waals surface area (Å²) >= 11 is 0. The first-order valence-electron chi connectivity index (χ1n) is 12.1. The Morgan fingerprint density at radius 2 is 1.81 bits per heavy atom. The van der Waals surface area contributed by atoms with Crippen molar-refractivity contribution < 1.29 is 18.3 Å². The number of hydrogen-bond acceptors (Lipinski definition) is 6. The lowest BCUT2D eigenvalue weighted by Gasteiger charge is -2.41. The Kier molecular flexibility index (Phi) is 6.26. The molecule has 0 bridgehead atoms. The number of carbonyl (C=O) groups is 1. The van der Waals surface area contributed by atoms with E-state index in [1.165, 1.54) is 18.5 Å². The van der Waals surface area contributed by atoms with Crippen LogP contribution in [-0.2, 0) is 4.74 Å². The normalized spacial score (nSPS) is 16.3. The van der Waals surface area contributed by atoms with Gasteiger partial charge in [0.15, 0.2) is 5.65 Å². The number of pyridine rings is 1.